The Morgan fingerprint density at radius 2 is 1.30 bits per heavy atom. The first-order valence-corrected chi connectivity index (χ1v) is 15.8. The Bertz CT molecular complexity index is 734. The van der Waals surface area contributed by atoms with Gasteiger partial charge in [0.05, 0.1) is 50.0 Å². The van der Waals surface area contributed by atoms with E-state index in [1.54, 1.807) is 6.07 Å². The van der Waals surface area contributed by atoms with Gasteiger partial charge in [-0.05, 0) is 31.0 Å². The number of aliphatic hydroxyl groups is 2. The van der Waals surface area contributed by atoms with Crippen LogP contribution in [0.4, 0.5) is 17.1 Å². The van der Waals surface area contributed by atoms with Gasteiger partial charge >= 0.3 is 0 Å². The van der Waals surface area contributed by atoms with Crippen LogP contribution in [0.2, 0.25) is 0 Å². The van der Waals surface area contributed by atoms with Crippen molar-refractivity contribution in [2.24, 2.45) is 0 Å². The van der Waals surface area contributed by atoms with Crippen LogP contribution in [-0.2, 0) is 14.3 Å². The van der Waals surface area contributed by atoms with E-state index in [4.69, 9.17) is 15.2 Å². The molecule has 2 unspecified atom stereocenters. The van der Waals surface area contributed by atoms with Crippen LogP contribution in [-0.4, -0.2) is 67.8 Å². The second kappa shape index (κ2) is 23.8. The fourth-order valence-electron chi connectivity index (χ4n) is 4.68. The Kier molecular flexibility index (Phi) is 21.5. The molecule has 0 saturated carbocycles. The van der Waals surface area contributed by atoms with E-state index >= 15 is 0 Å². The maximum absolute atomic E-state index is 11.6. The number of nitrogens with two attached hydrogens (primary N) is 1. The number of ether oxygens (including phenoxy) is 2. The maximum atomic E-state index is 11.6. The van der Waals surface area contributed by atoms with Crippen molar-refractivity contribution >= 4 is 23.0 Å². The van der Waals surface area contributed by atoms with Crippen LogP contribution < -0.4 is 16.0 Å². The predicted octanol–water partition coefficient (Wildman–Crippen LogP) is 6.29. The van der Waals surface area contributed by atoms with Crippen LogP contribution in [0, 0.1) is 0 Å². The van der Waals surface area contributed by atoms with Gasteiger partial charge in [-0.1, -0.05) is 90.9 Å². The largest absolute Gasteiger partial charge is 0.397 e. The van der Waals surface area contributed by atoms with Gasteiger partial charge in [0, 0.05) is 25.7 Å². The average molecular weight is 566 g/mol. The number of nitrogens with one attached hydrogen (secondary N) is 1. The highest BCUT2D eigenvalue weighted by Gasteiger charge is 2.12. The zero-order chi connectivity index (χ0) is 29.4. The van der Waals surface area contributed by atoms with Crippen molar-refractivity contribution in [1.29, 1.82) is 0 Å². The molecule has 0 aliphatic heterocycles. The fourth-order valence-corrected chi connectivity index (χ4v) is 4.68. The van der Waals surface area contributed by atoms with E-state index in [2.05, 4.69) is 24.1 Å². The Balaban J connectivity index is 2.50. The molecule has 0 heterocycles. The average Bonchev–Trinajstić information content (AvgIpc) is 2.92. The summed E-state index contributed by atoms with van der Waals surface area (Å²) in [5, 5.41) is 23.4. The fraction of sp³-hybridized carbons (Fsp3) is 0.781. The van der Waals surface area contributed by atoms with E-state index in [1.165, 1.54) is 58.3 Å². The summed E-state index contributed by atoms with van der Waals surface area (Å²) in [6.07, 6.45) is 15.1. The molecule has 0 radical (unpaired) electrons. The summed E-state index contributed by atoms with van der Waals surface area (Å²) in [6, 6.07) is 5.56. The number of anilines is 3. The molecule has 1 aromatic rings. The van der Waals surface area contributed by atoms with Gasteiger partial charge in [-0.2, -0.15) is 0 Å². The number of hydrogen-bond donors (Lipinski definition) is 4. The standard InChI is InChI=1S/C32H59N3O5/c1-4-6-8-10-12-14-16-29(37)25-39-22-20-35(28-18-19-31(33)32(24-28)34-27(3)36)21-23-40-26-30(38)17-15-13-11-9-7-5-2/h18-19,24,29-30,37-38H,4-17,20-23,25-26,33H2,1-3H3,(H,34,36). The number of benzene rings is 1. The molecular formula is C32H59N3O5. The van der Waals surface area contributed by atoms with Crippen LogP contribution in [0.3, 0.4) is 0 Å². The highest BCUT2D eigenvalue weighted by atomic mass is 16.5. The zero-order valence-electron chi connectivity index (χ0n) is 25.7. The van der Waals surface area contributed by atoms with Gasteiger partial charge in [-0.15, -0.1) is 0 Å². The van der Waals surface area contributed by atoms with E-state index in [1.807, 2.05) is 12.1 Å². The van der Waals surface area contributed by atoms with Crippen molar-refractivity contribution in [3.05, 3.63) is 18.2 Å². The molecule has 0 bridgehead atoms. The van der Waals surface area contributed by atoms with Crippen LogP contribution in [0.5, 0.6) is 0 Å². The summed E-state index contributed by atoms with van der Waals surface area (Å²) in [5.41, 5.74) is 8.02. The van der Waals surface area contributed by atoms with Crippen LogP contribution in [0.1, 0.15) is 111 Å². The normalized spacial score (nSPS) is 12.8. The number of unbranched alkanes of at least 4 members (excludes halogenated alkanes) is 10. The summed E-state index contributed by atoms with van der Waals surface area (Å²) < 4.78 is 11.6. The van der Waals surface area contributed by atoms with Gasteiger partial charge in [0.1, 0.15) is 0 Å². The molecule has 232 valence electrons. The molecule has 1 rings (SSSR count). The Labute approximate surface area is 244 Å². The van der Waals surface area contributed by atoms with Crippen molar-refractivity contribution in [2.75, 3.05) is 55.5 Å². The summed E-state index contributed by atoms with van der Waals surface area (Å²) in [4.78, 5) is 13.7. The molecule has 40 heavy (non-hydrogen) atoms. The Morgan fingerprint density at radius 3 is 1.77 bits per heavy atom. The van der Waals surface area contributed by atoms with Crippen molar-refractivity contribution in [3.8, 4) is 0 Å². The summed E-state index contributed by atoms with van der Waals surface area (Å²) in [5.74, 6) is -0.180. The lowest BCUT2D eigenvalue weighted by Crippen LogP contribution is -2.32. The minimum absolute atomic E-state index is 0.180. The number of amides is 1. The van der Waals surface area contributed by atoms with Gasteiger partial charge in [0.2, 0.25) is 5.91 Å². The number of nitrogen functional groups attached to an aromatic ring is 1. The SMILES string of the molecule is CCCCCCCCC(O)COCCN(CCOCC(O)CCCCCCCC)c1ccc(N)c(NC(C)=O)c1. The van der Waals surface area contributed by atoms with Crippen molar-refractivity contribution in [1.82, 2.24) is 0 Å². The molecular weight excluding hydrogens is 506 g/mol. The molecule has 2 atom stereocenters. The number of rotatable bonds is 26. The molecule has 5 N–H and O–H groups in total. The van der Waals surface area contributed by atoms with E-state index < -0.39 is 12.2 Å². The van der Waals surface area contributed by atoms with E-state index in [9.17, 15) is 15.0 Å². The molecule has 0 fully saturated rings. The lowest BCUT2D eigenvalue weighted by molar-refractivity contribution is -0.114. The van der Waals surface area contributed by atoms with Crippen molar-refractivity contribution < 1.29 is 24.5 Å². The first kappa shape index (κ1) is 36.2. The lowest BCUT2D eigenvalue weighted by Gasteiger charge is -2.26. The maximum Gasteiger partial charge on any atom is 0.221 e. The van der Waals surface area contributed by atoms with Crippen molar-refractivity contribution in [2.45, 2.75) is 123 Å². The molecule has 1 aromatic carbocycles. The second-order valence-corrected chi connectivity index (χ2v) is 11.0. The summed E-state index contributed by atoms with van der Waals surface area (Å²) in [6.45, 7) is 8.62. The topological polar surface area (TPSA) is 117 Å². The second-order valence-electron chi connectivity index (χ2n) is 11.0. The third-order valence-corrected chi connectivity index (χ3v) is 7.13. The molecule has 0 spiro atoms. The molecule has 0 aromatic heterocycles. The Morgan fingerprint density at radius 1 is 0.825 bits per heavy atom. The van der Waals surface area contributed by atoms with Crippen LogP contribution in [0.15, 0.2) is 18.2 Å². The minimum Gasteiger partial charge on any atom is -0.397 e. The summed E-state index contributed by atoms with van der Waals surface area (Å²) in [7, 11) is 0. The van der Waals surface area contributed by atoms with Crippen LogP contribution in [0.25, 0.3) is 0 Å². The highest BCUT2D eigenvalue weighted by Crippen LogP contribution is 2.26. The van der Waals surface area contributed by atoms with Crippen molar-refractivity contribution in [3.63, 3.8) is 0 Å². The first-order chi connectivity index (χ1) is 19.4. The number of aliphatic hydroxyl groups excluding tert-OH is 2. The first-order valence-electron chi connectivity index (χ1n) is 15.8. The van der Waals surface area contributed by atoms with Gasteiger partial charge in [0.25, 0.3) is 0 Å². The number of nitrogens with zero attached hydrogens (tertiary/aromatic N) is 1. The molecule has 1 amide bonds. The van der Waals surface area contributed by atoms with E-state index in [-0.39, 0.29) is 5.91 Å². The van der Waals surface area contributed by atoms with Gasteiger partial charge in [-0.25, -0.2) is 0 Å². The zero-order valence-corrected chi connectivity index (χ0v) is 25.7. The number of carbonyl (C=O) groups is 1. The monoisotopic (exact) mass is 565 g/mol. The number of carbonyl (C=O) groups excluding carboxylic acids is 1. The third kappa shape index (κ3) is 18.5. The molecule has 0 aliphatic carbocycles. The van der Waals surface area contributed by atoms with Gasteiger partial charge in [0.15, 0.2) is 0 Å². The van der Waals surface area contributed by atoms with Gasteiger partial charge in [-0.3, -0.25) is 4.79 Å². The number of hydrogen-bond acceptors (Lipinski definition) is 7. The predicted molar refractivity (Wildman–Crippen MR) is 167 cm³/mol. The highest BCUT2D eigenvalue weighted by molar-refractivity contribution is 5.93. The van der Waals surface area contributed by atoms with E-state index in [0.29, 0.717) is 50.9 Å². The Hall–Kier alpha value is -1.87. The molecule has 8 heteroatoms. The lowest BCUT2D eigenvalue weighted by atomic mass is 10.1. The molecule has 0 aliphatic rings. The molecule has 0 saturated heterocycles. The van der Waals surface area contributed by atoms with Gasteiger partial charge < -0.3 is 35.6 Å². The van der Waals surface area contributed by atoms with Crippen LogP contribution >= 0.6 is 0 Å². The summed E-state index contributed by atoms with van der Waals surface area (Å²) >= 11 is 0. The van der Waals surface area contributed by atoms with E-state index in [0.717, 1.165) is 44.2 Å². The quantitative estimate of drug-likeness (QED) is 0.0770. The third-order valence-electron chi connectivity index (χ3n) is 7.13. The smallest absolute Gasteiger partial charge is 0.221 e. The minimum atomic E-state index is -0.445. The molecule has 8 nitrogen and oxygen atoms in total.